The average Bonchev–Trinajstić information content (AvgIpc) is 3.32. The van der Waals surface area contributed by atoms with Crippen LogP contribution in [0.5, 0.6) is 0 Å². The lowest BCUT2D eigenvalue weighted by molar-refractivity contribution is 0.381. The van der Waals surface area contributed by atoms with Gasteiger partial charge in [-0.15, -0.1) is 0 Å². The van der Waals surface area contributed by atoms with Gasteiger partial charge in [0, 0.05) is 17.0 Å². The first-order valence-electron chi connectivity index (χ1n) is 11.8. The van der Waals surface area contributed by atoms with Gasteiger partial charge in [-0.2, -0.15) is 21.0 Å². The van der Waals surface area contributed by atoms with E-state index in [1.54, 1.807) is 12.1 Å². The van der Waals surface area contributed by atoms with Crippen molar-refractivity contribution in [2.45, 2.75) is 5.92 Å². The van der Waals surface area contributed by atoms with Crippen LogP contribution in [0, 0.1) is 109 Å². The summed E-state index contributed by atoms with van der Waals surface area (Å²) in [5.74, 6) is -26.6. The van der Waals surface area contributed by atoms with Crippen molar-refractivity contribution in [3.8, 4) is 57.7 Å². The molecule has 0 fully saturated rings. The van der Waals surface area contributed by atoms with E-state index < -0.39 is 103 Å². The number of benzene rings is 4. The number of hydrogen-bond acceptors (Lipinski definition) is 4. The van der Waals surface area contributed by atoms with E-state index in [0.717, 1.165) is 24.3 Å². The van der Waals surface area contributed by atoms with Crippen molar-refractivity contribution in [2.24, 2.45) is 5.92 Å². The second-order valence-electron chi connectivity index (χ2n) is 9.30. The molecular weight excluding hydrogens is 606 g/mol. The Kier molecular flexibility index (Phi) is 7.03. The predicted octanol–water partition coefficient (Wildman–Crippen LogP) is 7.93. The Morgan fingerprint density at radius 1 is 0.432 bits per heavy atom. The molecule has 1 aliphatic rings. The Hall–Kier alpha value is -5.86. The molecule has 4 nitrogen and oxygen atoms in total. The van der Waals surface area contributed by atoms with Gasteiger partial charge in [0.25, 0.3) is 0 Å². The van der Waals surface area contributed by atoms with E-state index in [-0.39, 0.29) is 22.3 Å². The molecular formula is C30H6F10N4. The number of halogens is 10. The molecule has 4 aromatic rings. The normalized spacial score (nSPS) is 11.9. The molecule has 0 bridgehead atoms. The molecule has 0 aromatic heterocycles. The van der Waals surface area contributed by atoms with Gasteiger partial charge in [-0.1, -0.05) is 0 Å². The first kappa shape index (κ1) is 29.6. The molecule has 0 unspecified atom stereocenters. The molecule has 0 atom stereocenters. The van der Waals surface area contributed by atoms with Crippen LogP contribution >= 0.6 is 0 Å². The van der Waals surface area contributed by atoms with Crippen LogP contribution in [0.3, 0.4) is 0 Å². The van der Waals surface area contributed by atoms with Crippen molar-refractivity contribution >= 4 is 0 Å². The van der Waals surface area contributed by atoms with Crippen LogP contribution in [0.15, 0.2) is 24.3 Å². The minimum Gasteiger partial charge on any atom is -0.203 e. The second-order valence-corrected chi connectivity index (χ2v) is 9.30. The van der Waals surface area contributed by atoms with E-state index in [9.17, 15) is 65.0 Å². The molecule has 0 saturated heterocycles. The lowest BCUT2D eigenvalue weighted by Gasteiger charge is -2.16. The second kappa shape index (κ2) is 10.4. The van der Waals surface area contributed by atoms with Crippen molar-refractivity contribution in [1.82, 2.24) is 0 Å². The molecule has 0 heterocycles. The third-order valence-electron chi connectivity index (χ3n) is 7.15. The van der Waals surface area contributed by atoms with E-state index in [1.165, 1.54) is 12.1 Å². The lowest BCUT2D eigenvalue weighted by atomic mass is 9.83. The molecule has 14 heteroatoms. The fourth-order valence-corrected chi connectivity index (χ4v) is 5.20. The molecule has 0 radical (unpaired) electrons. The van der Waals surface area contributed by atoms with E-state index in [2.05, 4.69) is 0 Å². The topological polar surface area (TPSA) is 95.2 Å². The first-order chi connectivity index (χ1) is 20.8. The van der Waals surface area contributed by atoms with Crippen LogP contribution in [0.2, 0.25) is 0 Å². The molecule has 0 saturated carbocycles. The minimum atomic E-state index is -2.49. The minimum absolute atomic E-state index is 0.115. The van der Waals surface area contributed by atoms with E-state index in [4.69, 9.17) is 0 Å². The smallest absolute Gasteiger partial charge is 0.200 e. The highest BCUT2D eigenvalue weighted by Crippen LogP contribution is 2.52. The Morgan fingerprint density at radius 3 is 1.00 bits per heavy atom. The molecule has 0 amide bonds. The van der Waals surface area contributed by atoms with Gasteiger partial charge in [-0.3, -0.25) is 0 Å². The maximum Gasteiger partial charge on any atom is 0.200 e. The average molecular weight is 612 g/mol. The maximum absolute atomic E-state index is 14.8. The van der Waals surface area contributed by atoms with Crippen LogP contribution in [-0.2, 0) is 0 Å². The summed E-state index contributed by atoms with van der Waals surface area (Å²) in [7, 11) is 0. The lowest BCUT2D eigenvalue weighted by Crippen LogP contribution is -2.10. The summed E-state index contributed by atoms with van der Waals surface area (Å²) in [6.07, 6.45) is 0. The molecule has 0 N–H and O–H groups in total. The first-order valence-corrected chi connectivity index (χ1v) is 11.8. The van der Waals surface area contributed by atoms with Gasteiger partial charge in [-0.25, -0.2) is 43.9 Å². The van der Waals surface area contributed by atoms with E-state index >= 15 is 0 Å². The van der Waals surface area contributed by atoms with Gasteiger partial charge in [-0.05, 0) is 46.5 Å². The fraction of sp³-hybridized carbons (Fsp3) is 0.0667. The molecule has 4 aromatic carbocycles. The number of nitrogens with zero attached hydrogens (tertiary/aromatic N) is 4. The summed E-state index contributed by atoms with van der Waals surface area (Å²) in [6.45, 7) is 0. The zero-order valence-electron chi connectivity index (χ0n) is 21.0. The van der Waals surface area contributed by atoms with Crippen LogP contribution < -0.4 is 0 Å². The largest absolute Gasteiger partial charge is 0.203 e. The van der Waals surface area contributed by atoms with Gasteiger partial charge >= 0.3 is 0 Å². The van der Waals surface area contributed by atoms with Crippen molar-refractivity contribution in [2.75, 3.05) is 0 Å². The highest BCUT2D eigenvalue weighted by molar-refractivity contribution is 5.90. The summed E-state index contributed by atoms with van der Waals surface area (Å²) in [5.41, 5.74) is -6.92. The zero-order valence-corrected chi connectivity index (χ0v) is 21.0. The Balaban J connectivity index is 1.93. The van der Waals surface area contributed by atoms with Crippen LogP contribution in [-0.4, -0.2) is 0 Å². The van der Waals surface area contributed by atoms with Gasteiger partial charge < -0.3 is 0 Å². The molecule has 5 rings (SSSR count). The standard InChI is InChI=1S/C30H6F10N4/c31-21-19(22(32)26(36)29(39)25(21)35)12-3-14-15-4-13(20-23(33)27(37)30(40)28(38)24(20)34)10(6-42)2-17(15)18(11(7-43)8-44)16(14)1-9(12)5-41/h1-4,11,18H. The molecule has 1 aliphatic carbocycles. The van der Waals surface area contributed by atoms with Crippen LogP contribution in [0.1, 0.15) is 28.2 Å². The fourth-order valence-electron chi connectivity index (χ4n) is 5.20. The van der Waals surface area contributed by atoms with Gasteiger partial charge in [0.05, 0.1) is 46.5 Å². The van der Waals surface area contributed by atoms with Crippen molar-refractivity contribution < 1.29 is 43.9 Å². The zero-order chi connectivity index (χ0) is 32.4. The van der Waals surface area contributed by atoms with E-state index in [0.29, 0.717) is 0 Å². The monoisotopic (exact) mass is 612 g/mol. The number of hydrogen-bond donors (Lipinski definition) is 0. The third-order valence-corrected chi connectivity index (χ3v) is 7.15. The van der Waals surface area contributed by atoms with Crippen molar-refractivity contribution in [3.05, 3.63) is 105 Å². The predicted molar refractivity (Wildman–Crippen MR) is 128 cm³/mol. The number of rotatable bonds is 3. The van der Waals surface area contributed by atoms with Crippen molar-refractivity contribution in [1.29, 1.82) is 21.0 Å². The number of fused-ring (bicyclic) bond motifs is 3. The van der Waals surface area contributed by atoms with Gasteiger partial charge in [0.15, 0.2) is 46.5 Å². The molecule has 216 valence electrons. The maximum atomic E-state index is 14.8. The van der Waals surface area contributed by atoms with Gasteiger partial charge in [0.1, 0.15) is 5.92 Å². The van der Waals surface area contributed by atoms with Crippen LogP contribution in [0.25, 0.3) is 33.4 Å². The highest BCUT2D eigenvalue weighted by Gasteiger charge is 2.39. The Bertz CT molecular complexity index is 1940. The van der Waals surface area contributed by atoms with E-state index in [1.807, 2.05) is 0 Å². The molecule has 0 aliphatic heterocycles. The Labute approximate surface area is 239 Å². The molecule has 44 heavy (non-hydrogen) atoms. The summed E-state index contributed by atoms with van der Waals surface area (Å²) in [4.78, 5) is 0. The SMILES string of the molecule is N#Cc1cc2c(cc1-c1c(F)c(F)c(F)c(F)c1F)-c1cc(-c3c(F)c(F)c(F)c(F)c3F)c(C#N)cc1C2C(C#N)C#N. The van der Waals surface area contributed by atoms with Gasteiger partial charge in [0.2, 0.25) is 11.6 Å². The Morgan fingerprint density at radius 2 is 0.727 bits per heavy atom. The molecule has 0 spiro atoms. The summed E-state index contributed by atoms with van der Waals surface area (Å²) in [6, 6.07) is 9.71. The summed E-state index contributed by atoms with van der Waals surface area (Å²) >= 11 is 0. The van der Waals surface area contributed by atoms with Crippen LogP contribution in [0.4, 0.5) is 43.9 Å². The van der Waals surface area contributed by atoms with Crippen molar-refractivity contribution in [3.63, 3.8) is 0 Å². The third kappa shape index (κ3) is 3.96. The highest BCUT2D eigenvalue weighted by atomic mass is 19.2. The number of nitriles is 4. The summed E-state index contributed by atoms with van der Waals surface area (Å²) < 4.78 is 143. The quantitative estimate of drug-likeness (QED) is 0.133. The summed E-state index contributed by atoms with van der Waals surface area (Å²) in [5, 5.41) is 38.8.